The number of amides is 1. The standard InChI is InChI=1S/C20H22F2N2O4S/c1-3-12-24(13-15-4-8-17(28-2)9-5-15)14-19(25)23-16-6-10-18(11-7-16)29(26,27)20(21)22/h3-11,20H,1,12-14H2,2H3,(H,23,25). The molecule has 156 valence electrons. The number of nitrogens with one attached hydrogen (secondary N) is 1. The summed E-state index contributed by atoms with van der Waals surface area (Å²) in [4.78, 5) is 13.7. The number of hydrogen-bond acceptors (Lipinski definition) is 5. The normalized spacial score (nSPS) is 11.5. The lowest BCUT2D eigenvalue weighted by Crippen LogP contribution is -2.33. The highest BCUT2D eigenvalue weighted by Crippen LogP contribution is 2.20. The molecule has 9 heteroatoms. The Kier molecular flexibility index (Phi) is 7.86. The number of carbonyl (C=O) groups excluding carboxylic acids is 1. The van der Waals surface area contributed by atoms with Gasteiger partial charge in [0.1, 0.15) is 5.75 Å². The first-order chi connectivity index (χ1) is 13.8. The second kappa shape index (κ2) is 10.1. The summed E-state index contributed by atoms with van der Waals surface area (Å²) in [6.07, 6.45) is 1.68. The van der Waals surface area contributed by atoms with Crippen LogP contribution in [-0.2, 0) is 21.2 Å². The third-order valence-corrected chi connectivity index (χ3v) is 5.42. The lowest BCUT2D eigenvalue weighted by Gasteiger charge is -2.20. The Morgan fingerprint density at radius 1 is 1.17 bits per heavy atom. The number of alkyl halides is 2. The van der Waals surface area contributed by atoms with Crippen LogP contribution in [0.25, 0.3) is 0 Å². The molecule has 0 atom stereocenters. The number of nitrogens with zero attached hydrogens (tertiary/aromatic N) is 1. The monoisotopic (exact) mass is 424 g/mol. The first-order valence-electron chi connectivity index (χ1n) is 8.64. The van der Waals surface area contributed by atoms with Gasteiger partial charge in [0.25, 0.3) is 0 Å². The Labute approximate surface area is 168 Å². The number of rotatable bonds is 10. The van der Waals surface area contributed by atoms with Gasteiger partial charge >= 0.3 is 5.76 Å². The fourth-order valence-electron chi connectivity index (χ4n) is 2.59. The Hall–Kier alpha value is -2.78. The highest BCUT2D eigenvalue weighted by atomic mass is 32.2. The van der Waals surface area contributed by atoms with Gasteiger partial charge in [-0.3, -0.25) is 9.69 Å². The highest BCUT2D eigenvalue weighted by molar-refractivity contribution is 7.91. The summed E-state index contributed by atoms with van der Waals surface area (Å²) in [5, 5.41) is 2.63. The molecule has 0 saturated heterocycles. The molecule has 0 aromatic heterocycles. The summed E-state index contributed by atoms with van der Waals surface area (Å²) >= 11 is 0. The van der Waals surface area contributed by atoms with Crippen LogP contribution in [0.3, 0.4) is 0 Å². The maximum Gasteiger partial charge on any atom is 0.341 e. The van der Waals surface area contributed by atoms with Crippen molar-refractivity contribution in [2.45, 2.75) is 17.2 Å². The topological polar surface area (TPSA) is 75.7 Å². The molecule has 29 heavy (non-hydrogen) atoms. The van der Waals surface area contributed by atoms with Crippen LogP contribution in [0.15, 0.2) is 66.1 Å². The van der Waals surface area contributed by atoms with Crippen molar-refractivity contribution >= 4 is 21.4 Å². The molecule has 1 N–H and O–H groups in total. The number of halogens is 2. The van der Waals surface area contributed by atoms with Crippen LogP contribution in [0, 0.1) is 0 Å². The van der Waals surface area contributed by atoms with Crippen LogP contribution in [0.5, 0.6) is 5.75 Å². The zero-order chi connectivity index (χ0) is 21.4. The first kappa shape index (κ1) is 22.5. The molecule has 2 rings (SSSR count). The average Bonchev–Trinajstić information content (AvgIpc) is 2.69. The highest BCUT2D eigenvalue weighted by Gasteiger charge is 2.26. The Bertz CT molecular complexity index is 930. The van der Waals surface area contributed by atoms with Crippen molar-refractivity contribution in [2.24, 2.45) is 0 Å². The van der Waals surface area contributed by atoms with Crippen molar-refractivity contribution in [3.8, 4) is 5.75 Å². The Balaban J connectivity index is 2.00. The minimum atomic E-state index is -4.66. The van der Waals surface area contributed by atoms with Gasteiger partial charge in [0.05, 0.1) is 18.6 Å². The molecule has 6 nitrogen and oxygen atoms in total. The second-order valence-corrected chi connectivity index (χ2v) is 8.10. The predicted molar refractivity (Wildman–Crippen MR) is 107 cm³/mol. The van der Waals surface area contributed by atoms with Crippen LogP contribution in [-0.4, -0.2) is 45.2 Å². The largest absolute Gasteiger partial charge is 0.497 e. The summed E-state index contributed by atoms with van der Waals surface area (Å²) in [7, 11) is -3.08. The fraction of sp³-hybridized carbons (Fsp3) is 0.250. The molecule has 0 fully saturated rings. The van der Waals surface area contributed by atoms with Crippen molar-refractivity contribution < 1.29 is 26.7 Å². The van der Waals surface area contributed by atoms with Crippen LogP contribution < -0.4 is 10.1 Å². The van der Waals surface area contributed by atoms with Crippen molar-refractivity contribution in [2.75, 3.05) is 25.5 Å². The van der Waals surface area contributed by atoms with Crippen LogP contribution in [0.2, 0.25) is 0 Å². The molecule has 0 saturated carbocycles. The van der Waals surface area contributed by atoms with E-state index in [0.29, 0.717) is 18.8 Å². The molecule has 0 radical (unpaired) electrons. The number of methoxy groups -OCH3 is 1. The summed E-state index contributed by atoms with van der Waals surface area (Å²) in [5.74, 6) is -3.09. The van der Waals surface area contributed by atoms with E-state index in [0.717, 1.165) is 23.4 Å². The maximum atomic E-state index is 12.6. The molecule has 0 aliphatic rings. The van der Waals surface area contributed by atoms with Crippen molar-refractivity contribution in [3.63, 3.8) is 0 Å². The Morgan fingerprint density at radius 3 is 2.31 bits per heavy atom. The smallest absolute Gasteiger partial charge is 0.341 e. The molecule has 0 aliphatic carbocycles. The number of sulfone groups is 1. The van der Waals surface area contributed by atoms with E-state index >= 15 is 0 Å². The maximum absolute atomic E-state index is 12.6. The molecular formula is C20H22F2N2O4S. The van der Waals surface area contributed by atoms with E-state index < -0.39 is 20.5 Å². The Morgan fingerprint density at radius 2 is 1.79 bits per heavy atom. The van der Waals surface area contributed by atoms with Gasteiger partial charge in [-0.15, -0.1) is 6.58 Å². The van der Waals surface area contributed by atoms with Gasteiger partial charge in [0.15, 0.2) is 0 Å². The van der Waals surface area contributed by atoms with Crippen LogP contribution in [0.1, 0.15) is 5.56 Å². The zero-order valence-electron chi connectivity index (χ0n) is 15.8. The van der Waals surface area contributed by atoms with Gasteiger partial charge in [-0.25, -0.2) is 8.42 Å². The van der Waals surface area contributed by atoms with Gasteiger partial charge in [0.2, 0.25) is 15.7 Å². The van der Waals surface area contributed by atoms with Gasteiger partial charge in [0, 0.05) is 18.8 Å². The molecular weight excluding hydrogens is 402 g/mol. The molecule has 2 aromatic carbocycles. The number of carbonyl (C=O) groups is 1. The summed E-state index contributed by atoms with van der Waals surface area (Å²) < 4.78 is 53.1. The van der Waals surface area contributed by atoms with Crippen molar-refractivity contribution in [1.82, 2.24) is 4.90 Å². The van der Waals surface area contributed by atoms with Crippen LogP contribution >= 0.6 is 0 Å². The van der Waals surface area contributed by atoms with Crippen molar-refractivity contribution in [3.05, 3.63) is 66.7 Å². The SMILES string of the molecule is C=CCN(CC(=O)Nc1ccc(S(=O)(=O)C(F)F)cc1)Cc1ccc(OC)cc1. The molecule has 0 unspecified atom stereocenters. The van der Waals surface area contributed by atoms with E-state index in [1.54, 1.807) is 13.2 Å². The molecule has 0 heterocycles. The van der Waals surface area contributed by atoms with E-state index in [1.165, 1.54) is 12.1 Å². The van der Waals surface area contributed by atoms with Gasteiger partial charge in [-0.05, 0) is 42.0 Å². The second-order valence-electron chi connectivity index (χ2n) is 6.18. The molecule has 1 amide bonds. The molecule has 0 spiro atoms. The van der Waals surface area contributed by atoms with Gasteiger partial charge < -0.3 is 10.1 Å². The molecule has 0 bridgehead atoms. The number of anilines is 1. The van der Waals surface area contributed by atoms with Crippen molar-refractivity contribution in [1.29, 1.82) is 0 Å². The minimum Gasteiger partial charge on any atom is -0.497 e. The third kappa shape index (κ3) is 6.37. The summed E-state index contributed by atoms with van der Waals surface area (Å²) in [6, 6.07) is 12.1. The fourth-order valence-corrected chi connectivity index (χ4v) is 3.31. The van der Waals surface area contributed by atoms with E-state index in [9.17, 15) is 22.0 Å². The minimum absolute atomic E-state index is 0.0646. The predicted octanol–water partition coefficient (Wildman–Crippen LogP) is 3.32. The summed E-state index contributed by atoms with van der Waals surface area (Å²) in [6.45, 7) is 4.75. The van der Waals surface area contributed by atoms with Gasteiger partial charge in [-0.2, -0.15) is 8.78 Å². The quantitative estimate of drug-likeness (QED) is 0.592. The van der Waals surface area contributed by atoms with E-state index in [1.807, 2.05) is 29.2 Å². The number of benzene rings is 2. The number of ether oxygens (including phenoxy) is 1. The van der Waals surface area contributed by atoms with E-state index in [2.05, 4.69) is 11.9 Å². The van der Waals surface area contributed by atoms with E-state index in [4.69, 9.17) is 4.74 Å². The zero-order valence-corrected chi connectivity index (χ0v) is 16.7. The summed E-state index contributed by atoms with van der Waals surface area (Å²) in [5.41, 5.74) is 1.30. The van der Waals surface area contributed by atoms with Gasteiger partial charge in [-0.1, -0.05) is 18.2 Å². The lowest BCUT2D eigenvalue weighted by atomic mass is 10.2. The molecule has 0 aliphatic heterocycles. The van der Waals surface area contributed by atoms with Crippen LogP contribution in [0.4, 0.5) is 14.5 Å². The number of hydrogen-bond donors (Lipinski definition) is 1. The first-order valence-corrected chi connectivity index (χ1v) is 10.2. The average molecular weight is 424 g/mol. The third-order valence-electron chi connectivity index (χ3n) is 4.02. The van der Waals surface area contributed by atoms with E-state index in [-0.39, 0.29) is 12.5 Å². The lowest BCUT2D eigenvalue weighted by molar-refractivity contribution is -0.117. The molecule has 2 aromatic rings.